The van der Waals surface area contributed by atoms with E-state index in [-0.39, 0.29) is 12.0 Å². The van der Waals surface area contributed by atoms with Crippen molar-refractivity contribution in [1.82, 2.24) is 4.90 Å². The van der Waals surface area contributed by atoms with E-state index in [9.17, 15) is 4.79 Å². The number of benzene rings is 1. The molecule has 0 saturated heterocycles. The summed E-state index contributed by atoms with van der Waals surface area (Å²) in [5.74, 6) is -0.161. The first-order chi connectivity index (χ1) is 8.04. The van der Waals surface area contributed by atoms with Crippen molar-refractivity contribution in [2.75, 3.05) is 20.7 Å². The molecule has 0 aromatic heterocycles. The quantitative estimate of drug-likeness (QED) is 0.783. The minimum Gasteiger partial charge on any atom is -0.466 e. The van der Waals surface area contributed by atoms with Gasteiger partial charge in [-0.25, -0.2) is 0 Å². The Labute approximate surface area is 111 Å². The van der Waals surface area contributed by atoms with Crippen LogP contribution >= 0.6 is 15.9 Å². The molecule has 0 aliphatic heterocycles. The van der Waals surface area contributed by atoms with Crippen molar-refractivity contribution in [3.63, 3.8) is 0 Å². The predicted octanol–water partition coefficient (Wildman–Crippen LogP) is 3.01. The highest BCUT2D eigenvalue weighted by atomic mass is 79.9. The van der Waals surface area contributed by atoms with Gasteiger partial charge >= 0.3 is 5.97 Å². The smallest absolute Gasteiger partial charge is 0.307 e. The van der Waals surface area contributed by atoms with Gasteiger partial charge in [0.25, 0.3) is 0 Å². The summed E-state index contributed by atoms with van der Waals surface area (Å²) in [4.78, 5) is 13.6. The first kappa shape index (κ1) is 14.2. The van der Waals surface area contributed by atoms with Crippen LogP contribution in [0, 0.1) is 0 Å². The number of hydrogen-bond acceptors (Lipinski definition) is 3. The number of rotatable bonds is 5. The summed E-state index contributed by atoms with van der Waals surface area (Å²) in [5, 5.41) is 0. The lowest BCUT2D eigenvalue weighted by atomic mass is 10.0. The van der Waals surface area contributed by atoms with Crippen molar-refractivity contribution in [1.29, 1.82) is 0 Å². The van der Waals surface area contributed by atoms with Crippen LogP contribution in [0.5, 0.6) is 0 Å². The van der Waals surface area contributed by atoms with Gasteiger partial charge in [0, 0.05) is 10.5 Å². The predicted molar refractivity (Wildman–Crippen MR) is 71.8 cm³/mol. The molecule has 0 bridgehead atoms. The minimum absolute atomic E-state index is 0.0477. The number of ether oxygens (including phenoxy) is 1. The monoisotopic (exact) mass is 299 g/mol. The molecule has 0 heterocycles. The molecule has 1 rings (SSSR count). The van der Waals surface area contributed by atoms with Gasteiger partial charge in [0.2, 0.25) is 0 Å². The second kappa shape index (κ2) is 6.77. The van der Waals surface area contributed by atoms with Crippen molar-refractivity contribution < 1.29 is 9.53 Å². The van der Waals surface area contributed by atoms with E-state index in [0.717, 1.165) is 10.0 Å². The first-order valence-electron chi connectivity index (χ1n) is 5.62. The highest BCUT2D eigenvalue weighted by molar-refractivity contribution is 9.10. The van der Waals surface area contributed by atoms with E-state index in [4.69, 9.17) is 4.74 Å². The number of esters is 1. The van der Waals surface area contributed by atoms with Crippen molar-refractivity contribution >= 4 is 21.9 Å². The highest BCUT2D eigenvalue weighted by Crippen LogP contribution is 2.25. The van der Waals surface area contributed by atoms with Crippen molar-refractivity contribution in [2.24, 2.45) is 0 Å². The molecule has 3 nitrogen and oxygen atoms in total. The van der Waals surface area contributed by atoms with E-state index in [1.807, 2.05) is 50.2 Å². The number of hydrogen-bond donors (Lipinski definition) is 0. The molecule has 1 aromatic rings. The van der Waals surface area contributed by atoms with Crippen LogP contribution in [0.15, 0.2) is 28.7 Å². The van der Waals surface area contributed by atoms with Crippen molar-refractivity contribution in [2.45, 2.75) is 19.4 Å². The van der Waals surface area contributed by atoms with Crippen LogP contribution in [0.2, 0.25) is 0 Å². The third kappa shape index (κ3) is 4.48. The van der Waals surface area contributed by atoms with E-state index >= 15 is 0 Å². The zero-order valence-corrected chi connectivity index (χ0v) is 12.0. The maximum absolute atomic E-state index is 11.6. The van der Waals surface area contributed by atoms with Crippen LogP contribution in [-0.4, -0.2) is 31.6 Å². The highest BCUT2D eigenvalue weighted by Gasteiger charge is 2.18. The van der Waals surface area contributed by atoms with Gasteiger partial charge in [-0.05, 0) is 38.7 Å². The second-order valence-electron chi connectivity index (χ2n) is 4.04. The van der Waals surface area contributed by atoms with E-state index in [1.54, 1.807) is 0 Å². The molecule has 0 radical (unpaired) electrons. The zero-order valence-electron chi connectivity index (χ0n) is 10.4. The minimum atomic E-state index is -0.161. The molecular weight excluding hydrogens is 282 g/mol. The van der Waals surface area contributed by atoms with Crippen LogP contribution in [-0.2, 0) is 9.53 Å². The number of halogens is 1. The van der Waals surface area contributed by atoms with E-state index in [2.05, 4.69) is 15.9 Å². The molecule has 0 amide bonds. The molecule has 1 atom stereocenters. The van der Waals surface area contributed by atoms with Crippen molar-refractivity contribution in [3.8, 4) is 0 Å². The lowest BCUT2D eigenvalue weighted by Gasteiger charge is -2.24. The summed E-state index contributed by atoms with van der Waals surface area (Å²) >= 11 is 3.44. The molecule has 0 spiro atoms. The fraction of sp³-hybridized carbons (Fsp3) is 0.462. The first-order valence-corrected chi connectivity index (χ1v) is 6.41. The van der Waals surface area contributed by atoms with Gasteiger partial charge in [-0.2, -0.15) is 0 Å². The molecule has 0 aliphatic rings. The average Bonchev–Trinajstić information content (AvgIpc) is 2.26. The molecule has 94 valence electrons. The van der Waals surface area contributed by atoms with Gasteiger partial charge in [0.15, 0.2) is 0 Å². The van der Waals surface area contributed by atoms with Gasteiger partial charge in [-0.1, -0.05) is 28.1 Å². The topological polar surface area (TPSA) is 29.5 Å². The lowest BCUT2D eigenvalue weighted by molar-refractivity contribution is -0.144. The lowest BCUT2D eigenvalue weighted by Crippen LogP contribution is -2.23. The Morgan fingerprint density at radius 1 is 1.47 bits per heavy atom. The Bertz CT molecular complexity index is 379. The standard InChI is InChI=1S/C13H18BrNO2/c1-4-17-13(16)9-12(15(2)3)10-6-5-7-11(14)8-10/h5-8,12H,4,9H2,1-3H3. The van der Waals surface area contributed by atoms with Crippen LogP contribution in [0.4, 0.5) is 0 Å². The fourth-order valence-electron chi connectivity index (χ4n) is 1.69. The van der Waals surface area contributed by atoms with E-state index < -0.39 is 0 Å². The summed E-state index contributed by atoms with van der Waals surface area (Å²) in [6.45, 7) is 2.25. The average molecular weight is 300 g/mol. The van der Waals surface area contributed by atoms with Crippen LogP contribution < -0.4 is 0 Å². The molecule has 0 aliphatic carbocycles. The number of nitrogens with zero attached hydrogens (tertiary/aromatic N) is 1. The van der Waals surface area contributed by atoms with E-state index in [1.165, 1.54) is 0 Å². The largest absolute Gasteiger partial charge is 0.466 e. The molecular formula is C13H18BrNO2. The molecule has 4 heteroatoms. The van der Waals surface area contributed by atoms with Gasteiger partial charge < -0.3 is 9.64 Å². The summed E-state index contributed by atoms with van der Waals surface area (Å²) in [6.07, 6.45) is 0.372. The molecule has 0 fully saturated rings. The molecule has 0 N–H and O–H groups in total. The molecule has 0 saturated carbocycles. The van der Waals surface area contributed by atoms with Gasteiger partial charge in [0.1, 0.15) is 0 Å². The number of carbonyl (C=O) groups excluding carboxylic acids is 1. The summed E-state index contributed by atoms with van der Waals surface area (Å²) < 4.78 is 6.02. The Hall–Kier alpha value is -0.870. The molecule has 1 unspecified atom stereocenters. The van der Waals surface area contributed by atoms with Gasteiger partial charge in [-0.15, -0.1) is 0 Å². The molecule has 1 aromatic carbocycles. The molecule has 17 heavy (non-hydrogen) atoms. The fourth-order valence-corrected chi connectivity index (χ4v) is 2.11. The Morgan fingerprint density at radius 3 is 2.71 bits per heavy atom. The normalized spacial score (nSPS) is 12.5. The SMILES string of the molecule is CCOC(=O)CC(c1cccc(Br)c1)N(C)C. The third-order valence-electron chi connectivity index (χ3n) is 2.52. The Morgan fingerprint density at radius 2 is 2.18 bits per heavy atom. The Kier molecular flexibility index (Phi) is 5.65. The van der Waals surface area contributed by atoms with Crippen LogP contribution in [0.3, 0.4) is 0 Å². The zero-order chi connectivity index (χ0) is 12.8. The van der Waals surface area contributed by atoms with Crippen LogP contribution in [0.1, 0.15) is 24.9 Å². The van der Waals surface area contributed by atoms with Crippen LogP contribution in [0.25, 0.3) is 0 Å². The third-order valence-corrected chi connectivity index (χ3v) is 3.02. The van der Waals surface area contributed by atoms with Gasteiger partial charge in [0.05, 0.1) is 13.0 Å². The summed E-state index contributed by atoms with van der Waals surface area (Å²) in [6, 6.07) is 8.05. The summed E-state index contributed by atoms with van der Waals surface area (Å²) in [5.41, 5.74) is 1.11. The maximum Gasteiger partial charge on any atom is 0.307 e. The second-order valence-corrected chi connectivity index (χ2v) is 4.96. The summed E-state index contributed by atoms with van der Waals surface area (Å²) in [7, 11) is 3.93. The van der Waals surface area contributed by atoms with Gasteiger partial charge in [-0.3, -0.25) is 4.79 Å². The van der Waals surface area contributed by atoms with Crippen molar-refractivity contribution in [3.05, 3.63) is 34.3 Å². The van der Waals surface area contributed by atoms with E-state index in [0.29, 0.717) is 13.0 Å². The maximum atomic E-state index is 11.6. The Balaban J connectivity index is 2.82. The number of carbonyl (C=O) groups is 1.